The Kier molecular flexibility index (Phi) is 27.7. The van der Waals surface area contributed by atoms with E-state index in [0.29, 0.717) is 102 Å². The lowest BCUT2D eigenvalue weighted by molar-refractivity contribution is 0.00569. The minimum absolute atomic E-state index is 0.00150. The smallest absolute Gasteiger partial charge is 0.338 e. The molecular formula is C85H97N3O21. The predicted molar refractivity (Wildman–Crippen MR) is 410 cm³/mol. The zero-order valence-corrected chi connectivity index (χ0v) is 64.3. The van der Waals surface area contributed by atoms with Gasteiger partial charge in [-0.2, -0.15) is 0 Å². The van der Waals surface area contributed by atoms with E-state index in [1.807, 2.05) is 27.7 Å². The third-order valence-electron chi connectivity index (χ3n) is 16.9. The lowest BCUT2D eigenvalue weighted by Crippen LogP contribution is -2.24. The van der Waals surface area contributed by atoms with Gasteiger partial charge in [0.05, 0.1) is 72.5 Å². The van der Waals surface area contributed by atoms with E-state index in [4.69, 9.17) is 37.9 Å². The number of ether oxygens (including phenoxy) is 8. The summed E-state index contributed by atoms with van der Waals surface area (Å²) in [5, 5.41) is 39.6. The molecule has 24 heteroatoms. The van der Waals surface area contributed by atoms with Crippen molar-refractivity contribution in [2.75, 3.05) is 49.5 Å². The summed E-state index contributed by atoms with van der Waals surface area (Å²) >= 11 is 0. The Morgan fingerprint density at radius 3 is 0.697 bits per heavy atom. The molecule has 6 N–H and O–H groups in total. The molecule has 7 aromatic rings. The van der Waals surface area contributed by atoms with Gasteiger partial charge in [-0.25, -0.2) is 33.6 Å². The average Bonchev–Trinajstić information content (AvgIpc) is 0.765. The monoisotopic (exact) mass is 1500 g/mol. The van der Waals surface area contributed by atoms with Crippen molar-refractivity contribution < 1.29 is 101 Å². The molecule has 0 spiro atoms. The summed E-state index contributed by atoms with van der Waals surface area (Å²) < 4.78 is 50.1. The van der Waals surface area contributed by atoms with E-state index in [1.165, 1.54) is 43.5 Å². The quantitative estimate of drug-likeness (QED) is 0.0144. The van der Waals surface area contributed by atoms with Crippen LogP contribution in [0.15, 0.2) is 103 Å². The largest absolute Gasteiger partial charge is 0.493 e. The Labute approximate surface area is 634 Å². The van der Waals surface area contributed by atoms with Crippen LogP contribution in [-0.2, 0) is 44.6 Å². The van der Waals surface area contributed by atoms with Crippen molar-refractivity contribution in [1.82, 2.24) is 0 Å². The highest BCUT2D eigenvalue weighted by molar-refractivity contribution is 6.09. The molecule has 0 saturated carbocycles. The van der Waals surface area contributed by atoms with Gasteiger partial charge in [0.15, 0.2) is 0 Å². The third-order valence-corrected chi connectivity index (χ3v) is 16.9. The standard InChI is InChI=1S/C85H97N3O21/c1-15-19-23-103-69-48-27-50-33-57(74(90)87-67-43-60(77(94)95)40-64(46-67)81(100)108-84(8,9)10)35-52(70(50)104-24-20-16-2)29-54-37-62(79(98)102-14)38-55(72(54)106-26-22-18-4)30-53-36-58(75(91)88-68-44-61(78(96)97)41-65(47-68)82(101)109-85(11,12)13)34-51(71(53)105-25-21-17-3)28-49(69)32-56(31-48)73(89)86-66-42-59(76(92)93)39-63(45-66)80(99)107-83(5,6)7/h31-47H,15-30H2,1-14H3,(H,86,89)(H,87,90)(H,88,91)(H,92,93)(H,94,95)(H,96,97). The van der Waals surface area contributed by atoms with Crippen LogP contribution in [0.3, 0.4) is 0 Å². The van der Waals surface area contributed by atoms with Crippen molar-refractivity contribution in [2.45, 2.75) is 184 Å². The van der Waals surface area contributed by atoms with Crippen LogP contribution in [0.25, 0.3) is 0 Å². The van der Waals surface area contributed by atoms with Gasteiger partial charge in [0.2, 0.25) is 0 Å². The van der Waals surface area contributed by atoms with Crippen molar-refractivity contribution in [3.05, 3.63) is 203 Å². The number of methoxy groups -OCH3 is 1. The molecule has 24 nitrogen and oxygen atoms in total. The van der Waals surface area contributed by atoms with Crippen molar-refractivity contribution in [3.63, 3.8) is 0 Å². The van der Waals surface area contributed by atoms with E-state index in [2.05, 4.69) is 16.0 Å². The first-order chi connectivity index (χ1) is 51.5. The summed E-state index contributed by atoms with van der Waals surface area (Å²) in [5.41, 5.74) is -1.69. The van der Waals surface area contributed by atoms with E-state index in [0.717, 1.165) is 18.2 Å². The number of hydrogen-bond donors (Lipinski definition) is 6. The summed E-state index contributed by atoms with van der Waals surface area (Å²) in [6.45, 7) is 23.4. The minimum Gasteiger partial charge on any atom is -0.493 e. The van der Waals surface area contributed by atoms with E-state index >= 15 is 14.4 Å². The van der Waals surface area contributed by atoms with Crippen LogP contribution in [0.2, 0.25) is 0 Å². The maximum atomic E-state index is 15.5. The van der Waals surface area contributed by atoms with Gasteiger partial charge in [-0.3, -0.25) is 14.4 Å². The molecule has 0 aromatic heterocycles. The van der Waals surface area contributed by atoms with Gasteiger partial charge in [0.25, 0.3) is 17.7 Å². The van der Waals surface area contributed by atoms with Crippen LogP contribution in [0.4, 0.5) is 17.1 Å². The first-order valence-electron chi connectivity index (χ1n) is 36.5. The lowest BCUT2D eigenvalue weighted by atomic mass is 9.88. The summed E-state index contributed by atoms with van der Waals surface area (Å²) in [6.07, 6.45) is 4.33. The van der Waals surface area contributed by atoms with Crippen LogP contribution < -0.4 is 34.9 Å². The summed E-state index contributed by atoms with van der Waals surface area (Å²) in [7, 11) is 1.24. The second-order valence-electron chi connectivity index (χ2n) is 29.7. The van der Waals surface area contributed by atoms with Gasteiger partial charge in [-0.15, -0.1) is 0 Å². The van der Waals surface area contributed by atoms with E-state index in [-0.39, 0.29) is 142 Å². The number of fused-ring (bicyclic) bond motifs is 8. The number of carbonyl (C=O) groups is 10. The van der Waals surface area contributed by atoms with Gasteiger partial charge in [0, 0.05) is 59.4 Å². The molecule has 0 heterocycles. The third kappa shape index (κ3) is 23.0. The van der Waals surface area contributed by atoms with E-state index in [1.54, 1.807) is 111 Å². The van der Waals surface area contributed by atoms with Crippen molar-refractivity contribution in [3.8, 4) is 23.0 Å². The second-order valence-corrected chi connectivity index (χ2v) is 29.7. The molecule has 0 radical (unpaired) electrons. The van der Waals surface area contributed by atoms with Gasteiger partial charge in [0.1, 0.15) is 39.8 Å². The zero-order chi connectivity index (χ0) is 79.8. The maximum absolute atomic E-state index is 15.5. The Hall–Kier alpha value is -11.6. The number of unbranched alkanes of at least 4 members (excludes halogenated alkanes) is 4. The lowest BCUT2D eigenvalue weighted by Gasteiger charge is -2.25. The van der Waals surface area contributed by atoms with Crippen molar-refractivity contribution in [1.29, 1.82) is 0 Å². The van der Waals surface area contributed by atoms with E-state index < -0.39 is 76.3 Å². The number of carboxylic acid groups (broad SMARTS) is 3. The molecule has 0 atom stereocenters. The second kappa shape index (κ2) is 36.4. The molecule has 7 aromatic carbocycles. The number of anilines is 3. The highest BCUT2D eigenvalue weighted by Gasteiger charge is 2.31. The van der Waals surface area contributed by atoms with Crippen LogP contribution in [0, 0.1) is 0 Å². The fraction of sp³-hybridized carbons (Fsp3) is 0.388. The van der Waals surface area contributed by atoms with Crippen LogP contribution in [0.5, 0.6) is 23.0 Å². The Morgan fingerprint density at radius 1 is 0.303 bits per heavy atom. The van der Waals surface area contributed by atoms with E-state index in [9.17, 15) is 48.9 Å². The number of hydrogen-bond acceptors (Lipinski definition) is 18. The van der Waals surface area contributed by atoms with Crippen LogP contribution >= 0.6 is 0 Å². The number of amides is 3. The molecule has 3 amide bonds. The molecule has 0 saturated heterocycles. The van der Waals surface area contributed by atoms with Crippen molar-refractivity contribution in [2.24, 2.45) is 0 Å². The summed E-state index contributed by atoms with van der Waals surface area (Å²) in [4.78, 5) is 140. The molecule has 0 aliphatic heterocycles. The maximum Gasteiger partial charge on any atom is 0.338 e. The number of rotatable bonds is 29. The topological polar surface area (TPSA) is 341 Å². The molecule has 8 bridgehead atoms. The summed E-state index contributed by atoms with van der Waals surface area (Å²) in [5.74, 6) is -8.68. The fourth-order valence-corrected chi connectivity index (χ4v) is 12.0. The first kappa shape index (κ1) is 83.1. The fourth-order valence-electron chi connectivity index (χ4n) is 12.0. The molecule has 1 aliphatic rings. The number of aromatic carboxylic acids is 3. The molecule has 0 fully saturated rings. The molecule has 0 unspecified atom stereocenters. The highest BCUT2D eigenvalue weighted by atomic mass is 16.6. The van der Waals surface area contributed by atoms with Crippen LogP contribution in [-0.4, -0.2) is 125 Å². The molecule has 109 heavy (non-hydrogen) atoms. The first-order valence-corrected chi connectivity index (χ1v) is 36.5. The Balaban J connectivity index is 1.50. The van der Waals surface area contributed by atoms with Gasteiger partial charge in [-0.05, 0) is 236 Å². The summed E-state index contributed by atoms with van der Waals surface area (Å²) in [6, 6.07) is 23.7. The number of esters is 4. The van der Waals surface area contributed by atoms with Gasteiger partial charge >= 0.3 is 41.8 Å². The Bertz CT molecular complexity index is 4430. The molecule has 8 rings (SSSR count). The number of carboxylic acids is 3. The molecule has 578 valence electrons. The molecule has 1 aliphatic carbocycles. The highest BCUT2D eigenvalue weighted by Crippen LogP contribution is 2.42. The SMILES string of the molecule is CCCCOc1c2cc(C(=O)Nc3cc(C(=O)O)cc(C(=O)OC(C)(C)C)c3)cc1Cc1cc(C(=O)Nc3cc(C(=O)O)cc(C(=O)OC(C)(C)C)c3)cc(c1OCCCC)Cc1cc(C(=O)OC)cc(c1OCCCC)Cc1cc(C(=O)Nc3cc(C(=O)O)cc(C(=O)OC(C)(C)C)c3)cc(c1OCCCC)C2. The number of nitrogens with one attached hydrogen (secondary N) is 3. The number of benzene rings is 7. The van der Waals surface area contributed by atoms with Crippen molar-refractivity contribution >= 4 is 76.6 Å². The van der Waals surface area contributed by atoms with Crippen LogP contribution in [0.1, 0.15) is 289 Å². The number of carbonyl (C=O) groups excluding carboxylic acids is 7. The average molecular weight is 1500 g/mol. The predicted octanol–water partition coefficient (Wildman–Crippen LogP) is 16.6. The normalized spacial score (nSPS) is 12.0. The van der Waals surface area contributed by atoms with Gasteiger partial charge in [-0.1, -0.05) is 53.4 Å². The minimum atomic E-state index is -1.41. The molecular weight excluding hydrogens is 1400 g/mol. The zero-order valence-electron chi connectivity index (χ0n) is 64.3. The van der Waals surface area contributed by atoms with Gasteiger partial charge < -0.3 is 69.2 Å². The Morgan fingerprint density at radius 2 is 0.505 bits per heavy atom.